The molecule has 1 aromatic carbocycles. The summed E-state index contributed by atoms with van der Waals surface area (Å²) in [7, 11) is 0. The molecule has 0 bridgehead atoms. The van der Waals surface area contributed by atoms with Gasteiger partial charge in [-0.25, -0.2) is 10.4 Å². The minimum atomic E-state index is -0.280. The standard InChI is InChI=1S/C24H36N6O3/c1-4-27-14-19(22-20(15-27)24(33)30(26-22)18-8-6-5-7-9-18)23(32)29-12-10-28(11-13-29)16-21(31)25-17(2)3/h5-9,17,19-20,22,26H,4,10-16H2,1-3H3,(H,25,31). The van der Waals surface area contributed by atoms with E-state index in [0.717, 1.165) is 12.2 Å². The van der Waals surface area contributed by atoms with Gasteiger partial charge in [-0.1, -0.05) is 25.1 Å². The molecule has 3 saturated heterocycles. The summed E-state index contributed by atoms with van der Waals surface area (Å²) in [5, 5.41) is 4.55. The van der Waals surface area contributed by atoms with E-state index in [-0.39, 0.29) is 41.6 Å². The first-order chi connectivity index (χ1) is 15.9. The van der Waals surface area contributed by atoms with Crippen LogP contribution in [0.5, 0.6) is 0 Å². The van der Waals surface area contributed by atoms with Gasteiger partial charge in [0.1, 0.15) is 0 Å². The molecule has 3 heterocycles. The van der Waals surface area contributed by atoms with Crippen LogP contribution < -0.4 is 15.8 Å². The molecule has 3 fully saturated rings. The molecule has 3 unspecified atom stereocenters. The van der Waals surface area contributed by atoms with Gasteiger partial charge < -0.3 is 15.1 Å². The van der Waals surface area contributed by atoms with Gasteiger partial charge in [0, 0.05) is 45.3 Å². The fourth-order valence-corrected chi connectivity index (χ4v) is 5.13. The number of hydrogen-bond donors (Lipinski definition) is 2. The van der Waals surface area contributed by atoms with Crippen molar-refractivity contribution in [1.82, 2.24) is 25.4 Å². The Morgan fingerprint density at radius 2 is 1.76 bits per heavy atom. The zero-order chi connectivity index (χ0) is 23.5. The molecule has 2 N–H and O–H groups in total. The molecule has 3 atom stereocenters. The largest absolute Gasteiger partial charge is 0.353 e. The Kier molecular flexibility index (Phi) is 7.31. The van der Waals surface area contributed by atoms with Crippen LogP contribution in [0.2, 0.25) is 0 Å². The molecule has 4 rings (SSSR count). The quantitative estimate of drug-likeness (QED) is 0.633. The number of hydrogen-bond acceptors (Lipinski definition) is 6. The van der Waals surface area contributed by atoms with Gasteiger partial charge in [0.05, 0.1) is 30.1 Å². The van der Waals surface area contributed by atoms with E-state index in [4.69, 9.17) is 0 Å². The Labute approximate surface area is 196 Å². The monoisotopic (exact) mass is 456 g/mol. The third-order valence-electron chi connectivity index (χ3n) is 6.87. The summed E-state index contributed by atoms with van der Waals surface area (Å²) in [6.07, 6.45) is 0. The number of likely N-dealkylation sites (tertiary alicyclic amines) is 1. The van der Waals surface area contributed by atoms with Crippen molar-refractivity contribution in [2.24, 2.45) is 11.8 Å². The summed E-state index contributed by atoms with van der Waals surface area (Å²) >= 11 is 0. The molecule has 1 aromatic rings. The van der Waals surface area contributed by atoms with Gasteiger partial charge in [-0.15, -0.1) is 0 Å². The molecule has 0 aliphatic carbocycles. The fourth-order valence-electron chi connectivity index (χ4n) is 5.13. The lowest BCUT2D eigenvalue weighted by Crippen LogP contribution is -2.60. The molecule has 9 nitrogen and oxygen atoms in total. The number of fused-ring (bicyclic) bond motifs is 1. The van der Waals surface area contributed by atoms with Gasteiger partial charge in [-0.3, -0.25) is 19.3 Å². The number of amides is 3. The zero-order valence-electron chi connectivity index (χ0n) is 19.9. The number of para-hydroxylation sites is 1. The van der Waals surface area contributed by atoms with Crippen LogP contribution in [0, 0.1) is 11.8 Å². The highest BCUT2D eigenvalue weighted by atomic mass is 16.2. The molecule has 3 amide bonds. The third-order valence-corrected chi connectivity index (χ3v) is 6.87. The van der Waals surface area contributed by atoms with Crippen molar-refractivity contribution in [2.45, 2.75) is 32.9 Å². The molecule has 0 radical (unpaired) electrons. The van der Waals surface area contributed by atoms with Crippen LogP contribution in [0.25, 0.3) is 0 Å². The molecule has 0 saturated carbocycles. The SMILES string of the molecule is CCN1CC(C(=O)N2CCN(CC(=O)NC(C)C)CC2)C2NN(c3ccccc3)C(=O)C2C1. The average Bonchev–Trinajstić information content (AvgIpc) is 3.15. The fraction of sp³-hybridized carbons (Fsp3) is 0.625. The van der Waals surface area contributed by atoms with Crippen LogP contribution in [0.4, 0.5) is 5.69 Å². The molecule has 9 heteroatoms. The number of carbonyl (C=O) groups is 3. The predicted molar refractivity (Wildman–Crippen MR) is 126 cm³/mol. The summed E-state index contributed by atoms with van der Waals surface area (Å²) in [5.41, 5.74) is 4.18. The molecular formula is C24H36N6O3. The summed E-state index contributed by atoms with van der Waals surface area (Å²) in [6, 6.07) is 9.48. The van der Waals surface area contributed by atoms with Crippen molar-refractivity contribution in [2.75, 3.05) is 57.4 Å². The van der Waals surface area contributed by atoms with Crippen molar-refractivity contribution in [3.8, 4) is 0 Å². The van der Waals surface area contributed by atoms with Crippen LogP contribution in [0.3, 0.4) is 0 Å². The van der Waals surface area contributed by atoms with Crippen molar-refractivity contribution in [1.29, 1.82) is 0 Å². The van der Waals surface area contributed by atoms with Crippen molar-refractivity contribution < 1.29 is 14.4 Å². The average molecular weight is 457 g/mol. The van der Waals surface area contributed by atoms with E-state index >= 15 is 0 Å². The molecule has 180 valence electrons. The van der Waals surface area contributed by atoms with Gasteiger partial charge >= 0.3 is 0 Å². The smallest absolute Gasteiger partial charge is 0.247 e. The lowest BCUT2D eigenvalue weighted by Gasteiger charge is -2.42. The number of hydrazine groups is 1. The summed E-state index contributed by atoms with van der Waals surface area (Å²) < 4.78 is 0. The summed E-state index contributed by atoms with van der Waals surface area (Å²) in [6.45, 7) is 11.0. The first-order valence-electron chi connectivity index (χ1n) is 12.1. The normalized spacial score (nSPS) is 26.5. The number of carbonyl (C=O) groups excluding carboxylic acids is 3. The minimum Gasteiger partial charge on any atom is -0.353 e. The molecular weight excluding hydrogens is 420 g/mol. The van der Waals surface area contributed by atoms with Crippen LogP contribution >= 0.6 is 0 Å². The first-order valence-corrected chi connectivity index (χ1v) is 12.1. The lowest BCUT2D eigenvalue weighted by atomic mass is 9.83. The highest BCUT2D eigenvalue weighted by Crippen LogP contribution is 2.32. The zero-order valence-corrected chi connectivity index (χ0v) is 19.9. The molecule has 33 heavy (non-hydrogen) atoms. The number of piperazine rings is 1. The second-order valence-electron chi connectivity index (χ2n) is 9.55. The second-order valence-corrected chi connectivity index (χ2v) is 9.55. The topological polar surface area (TPSA) is 88.2 Å². The van der Waals surface area contributed by atoms with Crippen molar-refractivity contribution in [3.63, 3.8) is 0 Å². The predicted octanol–water partition coefficient (Wildman–Crippen LogP) is 0.143. The van der Waals surface area contributed by atoms with E-state index in [1.165, 1.54) is 0 Å². The van der Waals surface area contributed by atoms with E-state index in [0.29, 0.717) is 45.8 Å². The maximum atomic E-state index is 13.6. The number of piperidine rings is 1. The number of nitrogens with zero attached hydrogens (tertiary/aromatic N) is 4. The van der Waals surface area contributed by atoms with Crippen LogP contribution in [0.15, 0.2) is 30.3 Å². The Morgan fingerprint density at radius 1 is 1.06 bits per heavy atom. The molecule has 0 spiro atoms. The van der Waals surface area contributed by atoms with Crippen molar-refractivity contribution in [3.05, 3.63) is 30.3 Å². The lowest BCUT2D eigenvalue weighted by molar-refractivity contribution is -0.141. The highest BCUT2D eigenvalue weighted by Gasteiger charge is 2.51. The Balaban J connectivity index is 1.41. The van der Waals surface area contributed by atoms with E-state index in [2.05, 4.69) is 27.5 Å². The van der Waals surface area contributed by atoms with Crippen LogP contribution in [0.1, 0.15) is 20.8 Å². The molecule has 0 aromatic heterocycles. The van der Waals surface area contributed by atoms with E-state index in [1.54, 1.807) is 5.01 Å². The Bertz CT molecular complexity index is 855. The van der Waals surface area contributed by atoms with Gasteiger partial charge in [0.25, 0.3) is 0 Å². The maximum Gasteiger partial charge on any atom is 0.247 e. The number of nitrogens with one attached hydrogen (secondary N) is 2. The van der Waals surface area contributed by atoms with Gasteiger partial charge in [0.2, 0.25) is 17.7 Å². The number of rotatable bonds is 6. The molecule has 3 aliphatic rings. The second kappa shape index (κ2) is 10.2. The number of anilines is 1. The van der Waals surface area contributed by atoms with Crippen molar-refractivity contribution >= 4 is 23.4 Å². The van der Waals surface area contributed by atoms with Gasteiger partial charge in [0.15, 0.2) is 0 Å². The van der Waals surface area contributed by atoms with E-state index in [1.807, 2.05) is 49.1 Å². The third kappa shape index (κ3) is 5.20. The summed E-state index contributed by atoms with van der Waals surface area (Å²) in [4.78, 5) is 45.1. The maximum absolute atomic E-state index is 13.6. The first kappa shape index (κ1) is 23.7. The highest BCUT2D eigenvalue weighted by molar-refractivity contribution is 5.98. The Hall–Kier alpha value is -2.49. The summed E-state index contributed by atoms with van der Waals surface area (Å²) in [5.74, 6) is -0.369. The molecule has 3 aliphatic heterocycles. The van der Waals surface area contributed by atoms with Gasteiger partial charge in [-0.2, -0.15) is 0 Å². The van der Waals surface area contributed by atoms with E-state index < -0.39 is 0 Å². The van der Waals surface area contributed by atoms with Crippen LogP contribution in [-0.4, -0.2) is 96.9 Å². The minimum absolute atomic E-state index is 0.0214. The Morgan fingerprint density at radius 3 is 2.39 bits per heavy atom. The number of benzene rings is 1. The van der Waals surface area contributed by atoms with E-state index in [9.17, 15) is 14.4 Å². The van der Waals surface area contributed by atoms with Gasteiger partial charge in [-0.05, 0) is 32.5 Å². The van der Waals surface area contributed by atoms with Crippen LogP contribution in [-0.2, 0) is 14.4 Å².